The molecule has 0 aliphatic heterocycles. The Balaban J connectivity index is 1.42. The molecule has 0 heterocycles. The normalized spacial score (nSPS) is 41.2. The summed E-state index contributed by atoms with van der Waals surface area (Å²) in [5, 5.41) is 1.48. The van der Waals surface area contributed by atoms with Gasteiger partial charge in [0.1, 0.15) is 0 Å². The molecule has 0 spiro atoms. The fourth-order valence-electron chi connectivity index (χ4n) is 9.98. The first kappa shape index (κ1) is 27.9. The van der Waals surface area contributed by atoms with Gasteiger partial charge in [-0.15, -0.1) is 8.58 Å². The van der Waals surface area contributed by atoms with Crippen LogP contribution < -0.4 is 0 Å². The summed E-state index contributed by atoms with van der Waals surface area (Å²) in [7, 11) is 1.18. The molecule has 5 saturated carbocycles. The van der Waals surface area contributed by atoms with E-state index in [1.165, 1.54) is 33.7 Å². The van der Waals surface area contributed by atoms with E-state index >= 15 is 0 Å². The van der Waals surface area contributed by atoms with E-state index in [0.29, 0.717) is 15.5 Å². The Bertz CT molecular complexity index is 643. The molecule has 5 aliphatic carbocycles. The molecule has 0 aromatic heterocycles. The van der Waals surface area contributed by atoms with Gasteiger partial charge in [-0.25, -0.2) is 0 Å². The van der Waals surface area contributed by atoms with Crippen LogP contribution in [-0.2, 0) is 0 Å². The number of rotatable bonds is 7. The summed E-state index contributed by atoms with van der Waals surface area (Å²) in [5.74, 6) is 7.10. The first-order valence-electron chi connectivity index (χ1n) is 15.1. The summed E-state index contributed by atoms with van der Waals surface area (Å²) in [6.45, 7) is 25.7. The van der Waals surface area contributed by atoms with Crippen molar-refractivity contribution in [1.82, 2.24) is 0 Å². The first-order valence-corrected chi connectivity index (χ1v) is 17.8. The van der Waals surface area contributed by atoms with Crippen LogP contribution in [0.25, 0.3) is 0 Å². The van der Waals surface area contributed by atoms with Gasteiger partial charge in [-0.3, -0.25) is 0 Å². The second-order valence-electron chi connectivity index (χ2n) is 16.8. The average Bonchev–Trinajstić information content (AvgIpc) is 2.63. The summed E-state index contributed by atoms with van der Waals surface area (Å²) >= 11 is 0. The molecular weight excluding hydrogens is 446 g/mol. The molecular formula is C32H60P2. The van der Waals surface area contributed by atoms with Crippen molar-refractivity contribution in [2.75, 3.05) is 12.3 Å². The molecule has 4 bridgehead atoms. The van der Waals surface area contributed by atoms with Crippen molar-refractivity contribution in [3.63, 3.8) is 0 Å². The molecule has 5 rings (SSSR count). The Morgan fingerprint density at radius 2 is 1.12 bits per heavy atom. The van der Waals surface area contributed by atoms with Gasteiger partial charge in [0.05, 0.1) is 0 Å². The molecule has 5 fully saturated rings. The van der Waals surface area contributed by atoms with E-state index < -0.39 is 0 Å². The molecule has 0 N–H and O–H groups in total. The topological polar surface area (TPSA) is 0 Å². The Labute approximate surface area is 217 Å². The lowest BCUT2D eigenvalue weighted by Crippen LogP contribution is -2.48. The highest BCUT2D eigenvalue weighted by Gasteiger charge is 2.52. The van der Waals surface area contributed by atoms with Gasteiger partial charge in [-0.2, -0.15) is 0 Å². The van der Waals surface area contributed by atoms with Crippen LogP contribution >= 0.6 is 16.5 Å². The van der Waals surface area contributed by atoms with Crippen LogP contribution in [0.1, 0.15) is 127 Å². The fraction of sp³-hybridized carbons (Fsp3) is 1.00. The standard InChI is InChI=1S/C32H60P2/c1-22-11-27(28(12-23(22)2)20-34(29(3,4)5)30(6,7)8)19-33-31(9,10)21-32-16-24-13-25(17-32)15-26(14-24)18-32/h22-28,33H,11-21H2,1-10H3. The Morgan fingerprint density at radius 3 is 1.56 bits per heavy atom. The second-order valence-corrected chi connectivity index (χ2v) is 22.8. The van der Waals surface area contributed by atoms with Gasteiger partial charge in [-0.05, 0) is 132 Å². The van der Waals surface area contributed by atoms with Crippen molar-refractivity contribution in [3.8, 4) is 0 Å². The third-order valence-electron chi connectivity index (χ3n) is 10.8. The maximum absolute atomic E-state index is 2.67. The molecule has 5 atom stereocenters. The van der Waals surface area contributed by atoms with Gasteiger partial charge in [0.2, 0.25) is 0 Å². The fourth-order valence-corrected chi connectivity index (χ4v) is 15.8. The Morgan fingerprint density at radius 1 is 0.676 bits per heavy atom. The number of hydrogen-bond donors (Lipinski definition) is 0. The zero-order valence-electron chi connectivity index (χ0n) is 24.8. The Hall–Kier alpha value is 0.860. The highest BCUT2D eigenvalue weighted by atomic mass is 31.1. The predicted molar refractivity (Wildman–Crippen MR) is 158 cm³/mol. The molecule has 0 radical (unpaired) electrons. The number of hydrogen-bond acceptors (Lipinski definition) is 0. The van der Waals surface area contributed by atoms with Crippen molar-refractivity contribution in [1.29, 1.82) is 0 Å². The molecule has 0 aromatic rings. The van der Waals surface area contributed by atoms with Crippen molar-refractivity contribution in [2.45, 2.75) is 142 Å². The minimum Gasteiger partial charge on any atom is -0.116 e. The quantitative estimate of drug-likeness (QED) is 0.301. The SMILES string of the molecule is CC1CC(CPC(C)(C)CC23CC4CC(CC(C4)C2)C3)C(CP(C(C)(C)C)C(C)(C)C)CC1C. The molecule has 0 nitrogen and oxygen atoms in total. The van der Waals surface area contributed by atoms with Crippen molar-refractivity contribution < 1.29 is 0 Å². The molecule has 34 heavy (non-hydrogen) atoms. The van der Waals surface area contributed by atoms with E-state index in [1.54, 1.807) is 44.9 Å². The van der Waals surface area contributed by atoms with Gasteiger partial charge < -0.3 is 0 Å². The zero-order chi connectivity index (χ0) is 25.1. The van der Waals surface area contributed by atoms with E-state index in [4.69, 9.17) is 0 Å². The molecule has 0 aromatic carbocycles. The molecule has 5 unspecified atom stereocenters. The lowest BCUT2D eigenvalue weighted by molar-refractivity contribution is -0.0610. The van der Waals surface area contributed by atoms with Crippen LogP contribution in [0, 0.1) is 46.8 Å². The van der Waals surface area contributed by atoms with Crippen LogP contribution in [0.15, 0.2) is 0 Å². The van der Waals surface area contributed by atoms with Gasteiger partial charge in [0, 0.05) is 0 Å². The third-order valence-corrected chi connectivity index (χ3v) is 16.8. The van der Waals surface area contributed by atoms with E-state index in [1.807, 2.05) is 0 Å². The largest absolute Gasteiger partial charge is 0.116 e. The molecule has 198 valence electrons. The van der Waals surface area contributed by atoms with Crippen LogP contribution in [0.3, 0.4) is 0 Å². The van der Waals surface area contributed by atoms with E-state index in [2.05, 4.69) is 69.2 Å². The summed E-state index contributed by atoms with van der Waals surface area (Å²) in [6.07, 6.45) is 17.1. The van der Waals surface area contributed by atoms with Gasteiger partial charge in [0.15, 0.2) is 0 Å². The maximum atomic E-state index is 2.67. The van der Waals surface area contributed by atoms with E-state index in [-0.39, 0.29) is 7.92 Å². The van der Waals surface area contributed by atoms with Crippen LogP contribution in [0.4, 0.5) is 0 Å². The van der Waals surface area contributed by atoms with Crippen LogP contribution in [0.2, 0.25) is 0 Å². The Kier molecular flexibility index (Phi) is 8.10. The average molecular weight is 507 g/mol. The van der Waals surface area contributed by atoms with Gasteiger partial charge in [0.25, 0.3) is 0 Å². The highest BCUT2D eigenvalue weighted by Crippen LogP contribution is 2.65. The highest BCUT2D eigenvalue weighted by molar-refractivity contribution is 7.60. The summed E-state index contributed by atoms with van der Waals surface area (Å²) < 4.78 is 0. The monoisotopic (exact) mass is 506 g/mol. The summed E-state index contributed by atoms with van der Waals surface area (Å²) in [6, 6.07) is 0. The van der Waals surface area contributed by atoms with Crippen LogP contribution in [-0.4, -0.2) is 27.8 Å². The van der Waals surface area contributed by atoms with Crippen LogP contribution in [0.5, 0.6) is 0 Å². The smallest absolute Gasteiger partial charge is 0.0173 e. The summed E-state index contributed by atoms with van der Waals surface area (Å²) in [5.41, 5.74) is 0.742. The van der Waals surface area contributed by atoms with Crippen molar-refractivity contribution in [3.05, 3.63) is 0 Å². The lowest BCUT2D eigenvalue weighted by atomic mass is 9.48. The lowest BCUT2D eigenvalue weighted by Gasteiger charge is -2.58. The third kappa shape index (κ3) is 6.46. The minimum atomic E-state index is 0.0163. The zero-order valence-corrected chi connectivity index (χ0v) is 26.7. The van der Waals surface area contributed by atoms with E-state index in [0.717, 1.165) is 46.8 Å². The van der Waals surface area contributed by atoms with Gasteiger partial charge in [-0.1, -0.05) is 77.2 Å². The van der Waals surface area contributed by atoms with Crippen molar-refractivity contribution in [2.24, 2.45) is 46.8 Å². The summed E-state index contributed by atoms with van der Waals surface area (Å²) in [4.78, 5) is 0. The predicted octanol–water partition coefficient (Wildman–Crippen LogP) is 10.4. The maximum Gasteiger partial charge on any atom is -0.0173 e. The molecule has 5 aliphatic rings. The minimum absolute atomic E-state index is 0.0163. The van der Waals surface area contributed by atoms with Gasteiger partial charge >= 0.3 is 0 Å². The van der Waals surface area contributed by atoms with E-state index in [9.17, 15) is 0 Å². The molecule has 0 saturated heterocycles. The molecule has 0 amide bonds. The first-order chi connectivity index (χ1) is 15.6. The molecule has 2 heteroatoms. The van der Waals surface area contributed by atoms with Crippen molar-refractivity contribution >= 4 is 16.5 Å². The second kappa shape index (κ2) is 9.87.